The van der Waals surface area contributed by atoms with E-state index in [2.05, 4.69) is 45.8 Å². The van der Waals surface area contributed by atoms with Gasteiger partial charge in [0.1, 0.15) is 0 Å². The molecule has 1 aromatic carbocycles. The van der Waals surface area contributed by atoms with Crippen LogP contribution in [-0.2, 0) is 5.75 Å². The molecule has 0 heterocycles. The Morgan fingerprint density at radius 2 is 2.12 bits per heavy atom. The van der Waals surface area contributed by atoms with Gasteiger partial charge >= 0.3 is 0 Å². The number of hydrogen-bond acceptors (Lipinski definition) is 2. The van der Waals surface area contributed by atoms with Crippen molar-refractivity contribution in [1.82, 2.24) is 0 Å². The van der Waals surface area contributed by atoms with Crippen molar-refractivity contribution in [2.45, 2.75) is 18.6 Å². The highest BCUT2D eigenvalue weighted by Gasteiger charge is 1.88. The Morgan fingerprint density at radius 1 is 1.31 bits per heavy atom. The molecule has 0 unspecified atom stereocenters. The second kappa shape index (κ2) is 8.89. The molecular weight excluding hydrogens is 218 g/mol. The maximum absolute atomic E-state index is 8.07. The summed E-state index contributed by atoms with van der Waals surface area (Å²) in [5, 5.41) is 5.59. The van der Waals surface area contributed by atoms with Crippen LogP contribution in [0.5, 0.6) is 0 Å². The van der Waals surface area contributed by atoms with Crippen LogP contribution in [0.2, 0.25) is 0 Å². The summed E-state index contributed by atoms with van der Waals surface area (Å²) < 4.78 is 0. The average molecular weight is 233 g/mol. The first kappa shape index (κ1) is 12.7. The minimum absolute atomic E-state index is 0.587. The first-order valence-corrected chi connectivity index (χ1v) is 6.30. The van der Waals surface area contributed by atoms with Gasteiger partial charge in [0.15, 0.2) is 0 Å². The molecule has 0 radical (unpaired) electrons. The van der Waals surface area contributed by atoms with Crippen molar-refractivity contribution in [2.24, 2.45) is 5.11 Å². The summed E-state index contributed by atoms with van der Waals surface area (Å²) >= 11 is 1.79. The number of allylic oxidation sites excluding steroid dienone is 1. The van der Waals surface area contributed by atoms with Crippen LogP contribution in [0.3, 0.4) is 0 Å². The van der Waals surface area contributed by atoms with Crippen LogP contribution in [0.25, 0.3) is 10.4 Å². The number of benzene rings is 1. The van der Waals surface area contributed by atoms with Gasteiger partial charge in [-0.25, -0.2) is 0 Å². The zero-order valence-electron chi connectivity index (χ0n) is 9.12. The Morgan fingerprint density at radius 3 is 2.88 bits per heavy atom. The smallest absolute Gasteiger partial charge is 0.0260 e. The van der Waals surface area contributed by atoms with Crippen LogP contribution in [-0.4, -0.2) is 6.54 Å². The molecule has 1 aromatic rings. The second-order valence-corrected chi connectivity index (χ2v) is 4.16. The highest BCUT2D eigenvalue weighted by molar-refractivity contribution is 8.01. The third-order valence-electron chi connectivity index (χ3n) is 1.98. The zero-order valence-corrected chi connectivity index (χ0v) is 9.94. The van der Waals surface area contributed by atoms with E-state index in [-0.39, 0.29) is 0 Å². The fraction of sp³-hybridized carbons (Fsp3) is 0.333. The minimum Gasteiger partial charge on any atom is -0.130 e. The lowest BCUT2D eigenvalue weighted by molar-refractivity contribution is 0.849. The Labute approximate surface area is 100 Å². The molecule has 16 heavy (non-hydrogen) atoms. The predicted octanol–water partition coefficient (Wildman–Crippen LogP) is 4.52. The molecule has 0 spiro atoms. The third kappa shape index (κ3) is 6.17. The van der Waals surface area contributed by atoms with Crippen LogP contribution >= 0.6 is 11.8 Å². The van der Waals surface area contributed by atoms with Crippen LogP contribution in [0.1, 0.15) is 18.4 Å². The molecule has 0 saturated heterocycles. The number of hydrogen-bond donors (Lipinski definition) is 0. The molecule has 0 fully saturated rings. The monoisotopic (exact) mass is 233 g/mol. The summed E-state index contributed by atoms with van der Waals surface area (Å²) in [6.07, 6.45) is 4.02. The Bertz CT molecular complexity index is 356. The first-order chi connectivity index (χ1) is 7.93. The fourth-order valence-electron chi connectivity index (χ4n) is 1.18. The van der Waals surface area contributed by atoms with Gasteiger partial charge in [-0.3, -0.25) is 0 Å². The van der Waals surface area contributed by atoms with Gasteiger partial charge in [0, 0.05) is 17.2 Å². The molecule has 0 bridgehead atoms. The van der Waals surface area contributed by atoms with E-state index >= 15 is 0 Å². The van der Waals surface area contributed by atoms with Crippen molar-refractivity contribution >= 4 is 11.8 Å². The predicted molar refractivity (Wildman–Crippen MR) is 70.1 cm³/mol. The van der Waals surface area contributed by atoms with Gasteiger partial charge in [-0.1, -0.05) is 41.5 Å². The molecule has 3 nitrogen and oxygen atoms in total. The van der Waals surface area contributed by atoms with Crippen LogP contribution < -0.4 is 0 Å². The highest BCUT2D eigenvalue weighted by Crippen LogP contribution is 2.13. The van der Waals surface area contributed by atoms with Gasteiger partial charge in [-0.2, -0.15) is 0 Å². The lowest BCUT2D eigenvalue weighted by Crippen LogP contribution is -1.77. The molecular formula is C12H15N3S. The van der Waals surface area contributed by atoms with Gasteiger partial charge in [-0.05, 0) is 29.3 Å². The topological polar surface area (TPSA) is 48.8 Å². The molecule has 0 atom stereocenters. The van der Waals surface area contributed by atoms with Gasteiger partial charge < -0.3 is 0 Å². The summed E-state index contributed by atoms with van der Waals surface area (Å²) in [5.74, 6) is 1.01. The van der Waals surface area contributed by atoms with E-state index in [0.717, 1.165) is 18.6 Å². The van der Waals surface area contributed by atoms with E-state index in [0.29, 0.717) is 6.54 Å². The molecule has 0 saturated carbocycles. The zero-order chi connectivity index (χ0) is 11.5. The van der Waals surface area contributed by atoms with E-state index < -0.39 is 0 Å². The molecule has 84 valence electrons. The van der Waals surface area contributed by atoms with E-state index in [1.807, 2.05) is 6.07 Å². The van der Waals surface area contributed by atoms with Crippen LogP contribution in [0.15, 0.2) is 46.9 Å². The molecule has 1 rings (SSSR count). The van der Waals surface area contributed by atoms with Gasteiger partial charge in [-0.15, -0.1) is 11.8 Å². The SMILES string of the molecule is [N-]=[N+]=NCCC/C=C/SCc1ccccc1. The summed E-state index contributed by atoms with van der Waals surface area (Å²) in [6, 6.07) is 10.4. The molecule has 0 aliphatic carbocycles. The fourth-order valence-corrected chi connectivity index (χ4v) is 1.93. The lowest BCUT2D eigenvalue weighted by atomic mass is 10.2. The summed E-state index contributed by atoms with van der Waals surface area (Å²) in [4.78, 5) is 2.71. The normalized spacial score (nSPS) is 10.2. The Kier molecular flexibility index (Phi) is 7.05. The highest BCUT2D eigenvalue weighted by atomic mass is 32.2. The van der Waals surface area contributed by atoms with Crippen molar-refractivity contribution in [2.75, 3.05) is 6.54 Å². The van der Waals surface area contributed by atoms with E-state index in [9.17, 15) is 0 Å². The molecule has 0 N–H and O–H groups in total. The van der Waals surface area contributed by atoms with E-state index in [1.54, 1.807) is 11.8 Å². The third-order valence-corrected chi connectivity index (χ3v) is 2.86. The standard InChI is InChI=1S/C12H15N3S/c13-15-14-9-5-2-6-10-16-11-12-7-3-1-4-8-12/h1,3-4,6-8,10H,2,5,9,11H2/b10-6+. The van der Waals surface area contributed by atoms with Crippen molar-refractivity contribution in [3.05, 3.63) is 57.8 Å². The number of thioether (sulfide) groups is 1. The number of rotatable bonds is 7. The Balaban J connectivity index is 2.07. The molecule has 0 aromatic heterocycles. The number of unbranched alkanes of at least 4 members (excludes halogenated alkanes) is 1. The number of azide groups is 1. The number of nitrogens with zero attached hydrogens (tertiary/aromatic N) is 3. The molecule has 4 heteroatoms. The van der Waals surface area contributed by atoms with Crippen LogP contribution in [0, 0.1) is 0 Å². The van der Waals surface area contributed by atoms with E-state index in [4.69, 9.17) is 5.53 Å². The van der Waals surface area contributed by atoms with E-state index in [1.165, 1.54) is 5.56 Å². The molecule has 0 aliphatic heterocycles. The van der Waals surface area contributed by atoms with Crippen molar-refractivity contribution < 1.29 is 0 Å². The van der Waals surface area contributed by atoms with Gasteiger partial charge in [0.25, 0.3) is 0 Å². The maximum atomic E-state index is 8.07. The first-order valence-electron chi connectivity index (χ1n) is 5.25. The summed E-state index contributed by atoms with van der Waals surface area (Å²) in [6.45, 7) is 0.587. The largest absolute Gasteiger partial charge is 0.130 e. The van der Waals surface area contributed by atoms with Gasteiger partial charge in [0.2, 0.25) is 0 Å². The maximum Gasteiger partial charge on any atom is 0.0260 e. The Hall–Kier alpha value is -1.38. The lowest BCUT2D eigenvalue weighted by Gasteiger charge is -1.96. The summed E-state index contributed by atoms with van der Waals surface area (Å²) in [5.41, 5.74) is 9.41. The van der Waals surface area contributed by atoms with Crippen molar-refractivity contribution in [1.29, 1.82) is 0 Å². The summed E-state index contributed by atoms with van der Waals surface area (Å²) in [7, 11) is 0. The van der Waals surface area contributed by atoms with Crippen LogP contribution in [0.4, 0.5) is 0 Å². The quantitative estimate of drug-likeness (QED) is 0.295. The minimum atomic E-state index is 0.587. The molecule has 0 amide bonds. The average Bonchev–Trinajstić information content (AvgIpc) is 2.34. The van der Waals surface area contributed by atoms with Crippen molar-refractivity contribution in [3.63, 3.8) is 0 Å². The van der Waals surface area contributed by atoms with Gasteiger partial charge in [0.05, 0.1) is 0 Å². The molecule has 0 aliphatic rings. The van der Waals surface area contributed by atoms with Crippen molar-refractivity contribution in [3.8, 4) is 0 Å². The second-order valence-electron chi connectivity index (χ2n) is 3.27.